The number of ether oxygens (including phenoxy) is 4. The highest BCUT2D eigenvalue weighted by molar-refractivity contribution is 14.1. The van der Waals surface area contributed by atoms with Crippen molar-refractivity contribution in [3.8, 4) is 0 Å². The van der Waals surface area contributed by atoms with E-state index in [0.717, 1.165) is 0 Å². The molecule has 1 aliphatic rings. The van der Waals surface area contributed by atoms with Crippen molar-refractivity contribution in [3.05, 3.63) is 0 Å². The predicted molar refractivity (Wildman–Crippen MR) is 70.4 cm³/mol. The van der Waals surface area contributed by atoms with Gasteiger partial charge >= 0.3 is 17.9 Å². The topological polar surface area (TPSA) is 88.1 Å². The first-order valence-electron chi connectivity index (χ1n) is 5.58. The van der Waals surface area contributed by atoms with E-state index in [1.54, 1.807) is 0 Å². The Bertz CT molecular complexity index is 370. The first kappa shape index (κ1) is 16.2. The van der Waals surface area contributed by atoms with Gasteiger partial charge in [0, 0.05) is 20.8 Å². The quantitative estimate of drug-likeness (QED) is 0.302. The highest BCUT2D eigenvalue weighted by Crippen LogP contribution is 2.31. The van der Waals surface area contributed by atoms with Crippen LogP contribution in [0, 0.1) is 0 Å². The van der Waals surface area contributed by atoms with Gasteiger partial charge < -0.3 is 18.9 Å². The van der Waals surface area contributed by atoms with Crippen LogP contribution in [-0.4, -0.2) is 46.9 Å². The zero-order valence-electron chi connectivity index (χ0n) is 10.8. The zero-order chi connectivity index (χ0) is 14.6. The van der Waals surface area contributed by atoms with E-state index < -0.39 is 36.4 Å². The molecule has 0 N–H and O–H groups in total. The summed E-state index contributed by atoms with van der Waals surface area (Å²) in [5.41, 5.74) is 0. The first-order chi connectivity index (χ1) is 8.81. The minimum atomic E-state index is -0.983. The molecule has 0 aromatic heterocycles. The average Bonchev–Trinajstić information content (AvgIpc) is 2.53. The van der Waals surface area contributed by atoms with Crippen LogP contribution in [0.1, 0.15) is 20.8 Å². The van der Waals surface area contributed by atoms with Crippen LogP contribution in [0.5, 0.6) is 0 Å². The molecule has 1 fully saturated rings. The Labute approximate surface area is 124 Å². The second-order valence-electron chi connectivity index (χ2n) is 3.97. The molecule has 0 saturated carbocycles. The molecule has 8 heteroatoms. The van der Waals surface area contributed by atoms with Gasteiger partial charge in [-0.15, -0.1) is 0 Å². The summed E-state index contributed by atoms with van der Waals surface area (Å²) in [7, 11) is 0. The number of rotatable bonds is 4. The second kappa shape index (κ2) is 7.04. The average molecular weight is 386 g/mol. The molecule has 0 aliphatic carbocycles. The Morgan fingerprint density at radius 3 is 2.11 bits per heavy atom. The molecule has 0 unspecified atom stereocenters. The number of carbonyl (C=O) groups excluding carboxylic acids is 3. The lowest BCUT2D eigenvalue weighted by Gasteiger charge is -2.19. The van der Waals surface area contributed by atoms with Gasteiger partial charge in [-0.1, -0.05) is 22.6 Å². The van der Waals surface area contributed by atoms with Crippen LogP contribution in [0.2, 0.25) is 0 Å². The van der Waals surface area contributed by atoms with E-state index in [-0.39, 0.29) is 10.5 Å². The van der Waals surface area contributed by atoms with Gasteiger partial charge in [-0.3, -0.25) is 14.4 Å². The third-order valence-electron chi connectivity index (χ3n) is 2.28. The van der Waals surface area contributed by atoms with Crippen LogP contribution in [0.3, 0.4) is 0 Å². The molecule has 108 valence electrons. The summed E-state index contributed by atoms with van der Waals surface area (Å²) in [6.07, 6.45) is -2.20. The smallest absolute Gasteiger partial charge is 0.305 e. The lowest BCUT2D eigenvalue weighted by Crippen LogP contribution is -2.35. The normalized spacial score (nSPS) is 29.7. The van der Waals surface area contributed by atoms with E-state index >= 15 is 0 Å². The van der Waals surface area contributed by atoms with Crippen LogP contribution in [0.15, 0.2) is 0 Å². The van der Waals surface area contributed by atoms with Gasteiger partial charge in [0.1, 0.15) is 12.7 Å². The van der Waals surface area contributed by atoms with Crippen LogP contribution in [0.25, 0.3) is 0 Å². The maximum Gasteiger partial charge on any atom is 0.305 e. The van der Waals surface area contributed by atoms with E-state index in [4.69, 9.17) is 18.9 Å². The monoisotopic (exact) mass is 386 g/mol. The Kier molecular flexibility index (Phi) is 5.98. The molecular formula is C11H15IO7. The van der Waals surface area contributed by atoms with Crippen molar-refractivity contribution < 1.29 is 33.3 Å². The summed E-state index contributed by atoms with van der Waals surface area (Å²) >= 11 is 2.01. The highest BCUT2D eigenvalue weighted by atomic mass is 127. The van der Waals surface area contributed by atoms with E-state index in [0.29, 0.717) is 0 Å². The summed E-state index contributed by atoms with van der Waals surface area (Å²) in [6.45, 7) is 3.78. The van der Waals surface area contributed by atoms with Crippen molar-refractivity contribution in [1.82, 2.24) is 0 Å². The van der Waals surface area contributed by atoms with Crippen molar-refractivity contribution >= 4 is 40.5 Å². The van der Waals surface area contributed by atoms with Gasteiger partial charge in [-0.05, 0) is 0 Å². The third kappa shape index (κ3) is 4.94. The van der Waals surface area contributed by atoms with E-state index in [1.165, 1.54) is 20.8 Å². The molecule has 0 amide bonds. The summed E-state index contributed by atoms with van der Waals surface area (Å²) in [6, 6.07) is 0. The molecule has 1 rings (SSSR count). The molecule has 0 aromatic rings. The maximum atomic E-state index is 11.0. The summed E-state index contributed by atoms with van der Waals surface area (Å²) in [4.78, 5) is 32.8. The Morgan fingerprint density at radius 1 is 1.05 bits per heavy atom. The van der Waals surface area contributed by atoms with Crippen LogP contribution < -0.4 is 0 Å². The fraction of sp³-hybridized carbons (Fsp3) is 0.727. The zero-order valence-corrected chi connectivity index (χ0v) is 12.9. The lowest BCUT2D eigenvalue weighted by atomic mass is 10.2. The maximum absolute atomic E-state index is 11.0. The second-order valence-corrected chi connectivity index (χ2v) is 5.41. The van der Waals surface area contributed by atoms with Gasteiger partial charge in [0.25, 0.3) is 0 Å². The number of carbonyl (C=O) groups is 3. The number of hydrogen-bond donors (Lipinski definition) is 0. The molecule has 19 heavy (non-hydrogen) atoms. The number of alkyl halides is 1. The van der Waals surface area contributed by atoms with Gasteiger partial charge in [0.2, 0.25) is 6.29 Å². The van der Waals surface area contributed by atoms with Gasteiger partial charge in [-0.2, -0.15) is 0 Å². The minimum absolute atomic E-state index is 0.0124. The molecule has 4 atom stereocenters. The molecule has 0 bridgehead atoms. The van der Waals surface area contributed by atoms with Crippen molar-refractivity contribution in [2.75, 3.05) is 6.61 Å². The Balaban J connectivity index is 2.70. The Morgan fingerprint density at radius 2 is 1.63 bits per heavy atom. The predicted octanol–water partition coefficient (Wildman–Crippen LogP) is 0.573. The lowest BCUT2D eigenvalue weighted by molar-refractivity contribution is -0.196. The van der Waals surface area contributed by atoms with Crippen LogP contribution in [-0.2, 0) is 33.3 Å². The molecule has 1 heterocycles. The molecule has 0 aromatic carbocycles. The molecule has 0 spiro atoms. The molecule has 0 radical (unpaired) electrons. The van der Waals surface area contributed by atoms with Crippen LogP contribution >= 0.6 is 22.6 Å². The van der Waals surface area contributed by atoms with Gasteiger partial charge in [0.15, 0.2) is 6.10 Å². The minimum Gasteiger partial charge on any atom is -0.463 e. The van der Waals surface area contributed by atoms with Crippen molar-refractivity contribution in [3.63, 3.8) is 0 Å². The van der Waals surface area contributed by atoms with Crippen LogP contribution in [0.4, 0.5) is 0 Å². The van der Waals surface area contributed by atoms with Gasteiger partial charge in [0.05, 0.1) is 3.92 Å². The fourth-order valence-corrected chi connectivity index (χ4v) is 2.45. The molecule has 7 nitrogen and oxygen atoms in total. The summed E-state index contributed by atoms with van der Waals surface area (Å²) in [5.74, 6) is -1.48. The standard InChI is InChI=1S/C11H15IO7/c1-5(13)16-4-8-9(12)10(17-6(2)14)11(19-8)18-7(3)15/h8-11H,4H2,1-3H3/t8-,9+,10-,11-/m1/s1. The van der Waals surface area contributed by atoms with E-state index in [9.17, 15) is 14.4 Å². The first-order valence-corrected chi connectivity index (χ1v) is 6.83. The van der Waals surface area contributed by atoms with Crippen molar-refractivity contribution in [2.45, 2.75) is 43.2 Å². The highest BCUT2D eigenvalue weighted by Gasteiger charge is 2.47. The fourth-order valence-electron chi connectivity index (χ4n) is 1.59. The third-order valence-corrected chi connectivity index (χ3v) is 3.79. The summed E-state index contributed by atoms with van der Waals surface area (Å²) < 4.78 is 20.0. The molecular weight excluding hydrogens is 371 g/mol. The number of esters is 3. The van der Waals surface area contributed by atoms with Crippen molar-refractivity contribution in [1.29, 1.82) is 0 Å². The van der Waals surface area contributed by atoms with E-state index in [2.05, 4.69) is 0 Å². The number of halogens is 1. The van der Waals surface area contributed by atoms with Crippen molar-refractivity contribution in [2.24, 2.45) is 0 Å². The largest absolute Gasteiger partial charge is 0.463 e. The summed E-state index contributed by atoms with van der Waals surface area (Å²) in [5, 5.41) is 0. The Hall–Kier alpha value is -0.900. The number of hydrogen-bond acceptors (Lipinski definition) is 7. The van der Waals surface area contributed by atoms with E-state index in [1.807, 2.05) is 22.6 Å². The SMILES string of the molecule is CC(=O)OC[C@H]1O[C@@H](OC(C)=O)[C@H](OC(C)=O)[C@H]1I. The van der Waals surface area contributed by atoms with Gasteiger partial charge in [-0.25, -0.2) is 0 Å². The molecule has 1 saturated heterocycles. The molecule has 1 aliphatic heterocycles.